The van der Waals surface area contributed by atoms with Gasteiger partial charge in [-0.25, -0.2) is 0 Å². The summed E-state index contributed by atoms with van der Waals surface area (Å²) in [5.74, 6) is -4.24. The summed E-state index contributed by atoms with van der Waals surface area (Å²) in [7, 11) is 3.02. The number of oxime groups is 1. The van der Waals surface area contributed by atoms with Gasteiger partial charge in [-0.05, 0) is 54.4 Å². The fourth-order valence-corrected chi connectivity index (χ4v) is 7.40. The molecule has 0 amide bonds. The molecule has 2 unspecified atom stereocenters. The van der Waals surface area contributed by atoms with E-state index >= 15 is 0 Å². The molecule has 0 saturated carbocycles. The number of aliphatic hydroxyl groups is 4. The fraction of sp³-hybridized carbons (Fsp3) is 0.917. The monoisotopic (exact) mass is 735 g/mol. The highest BCUT2D eigenvalue weighted by molar-refractivity contribution is 5.88. The van der Waals surface area contributed by atoms with Crippen molar-refractivity contribution in [3.8, 4) is 0 Å². The van der Waals surface area contributed by atoms with Crippen LogP contribution in [0, 0.1) is 23.7 Å². The van der Waals surface area contributed by atoms with Crippen LogP contribution in [0.25, 0.3) is 0 Å². The third kappa shape index (κ3) is 11.6. The average Bonchev–Trinajstić information content (AvgIpc) is 3.05. The number of methoxy groups -OCH3 is 2. The molecule has 15 heteroatoms. The molecular formula is C36H65NO14. The Labute approximate surface area is 303 Å². The molecule has 2 saturated heterocycles. The van der Waals surface area contributed by atoms with Crippen LogP contribution in [0.1, 0.15) is 88.5 Å². The Kier molecular flexibility index (Phi) is 17.4. The predicted octanol–water partition coefficient (Wildman–Crippen LogP) is 2.37. The van der Waals surface area contributed by atoms with E-state index in [4.69, 9.17) is 38.0 Å². The van der Waals surface area contributed by atoms with E-state index in [1.165, 1.54) is 21.0 Å². The van der Waals surface area contributed by atoms with Crippen LogP contribution in [0.15, 0.2) is 5.16 Å². The molecule has 2 fully saturated rings. The summed E-state index contributed by atoms with van der Waals surface area (Å²) in [4.78, 5) is 31.7. The Morgan fingerprint density at radius 1 is 0.980 bits per heavy atom. The second-order valence-corrected chi connectivity index (χ2v) is 15.0. The quantitative estimate of drug-likeness (QED) is 0.0930. The average molecular weight is 736 g/mol. The van der Waals surface area contributed by atoms with Crippen LogP contribution in [0.3, 0.4) is 0 Å². The van der Waals surface area contributed by atoms with Gasteiger partial charge in [-0.2, -0.15) is 0 Å². The number of hydrogen-bond acceptors (Lipinski definition) is 15. The van der Waals surface area contributed by atoms with Gasteiger partial charge in [0.05, 0.1) is 60.5 Å². The maximum atomic E-state index is 14.0. The lowest BCUT2D eigenvalue weighted by molar-refractivity contribution is -0.300. The highest BCUT2D eigenvalue weighted by Gasteiger charge is 2.52. The Balaban J connectivity index is 2.70. The lowest BCUT2D eigenvalue weighted by atomic mass is 9.73. The van der Waals surface area contributed by atoms with Gasteiger partial charge in [-0.1, -0.05) is 32.9 Å². The Hall–Kier alpha value is -1.79. The first-order valence-corrected chi connectivity index (χ1v) is 17.9. The summed E-state index contributed by atoms with van der Waals surface area (Å²) in [5, 5.41) is 50.8. The van der Waals surface area contributed by atoms with Crippen molar-refractivity contribution in [1.29, 1.82) is 0 Å². The topological polar surface area (TPSA) is 201 Å². The van der Waals surface area contributed by atoms with E-state index in [-0.39, 0.29) is 45.1 Å². The molecule has 2 rings (SSSR count). The SMILES string of the molecule is CC[C@H]1OC(=O)[C@H](C)[C@@H](O[C@H]2CC(C)(OC)[C@@H](O)C(C)O2)[C@H](C)[C@@H](OCC(C)=O)[C@](C)(O)C[C@@H](C)/C(=N\OCOCCOC)[C@H](C)[C@H](O)[C@]1(C)O. The van der Waals surface area contributed by atoms with Crippen LogP contribution >= 0.6 is 0 Å². The minimum Gasteiger partial charge on any atom is -0.459 e. The second-order valence-electron chi connectivity index (χ2n) is 15.0. The van der Waals surface area contributed by atoms with Gasteiger partial charge < -0.3 is 58.4 Å². The van der Waals surface area contributed by atoms with Gasteiger partial charge in [0.15, 0.2) is 12.1 Å². The first-order valence-electron chi connectivity index (χ1n) is 17.9. The molecule has 0 aromatic rings. The molecule has 298 valence electrons. The lowest BCUT2D eigenvalue weighted by Crippen LogP contribution is -2.59. The van der Waals surface area contributed by atoms with E-state index in [0.29, 0.717) is 12.3 Å². The zero-order valence-electron chi connectivity index (χ0n) is 32.6. The maximum absolute atomic E-state index is 14.0. The van der Waals surface area contributed by atoms with Crippen molar-refractivity contribution in [3.05, 3.63) is 0 Å². The molecule has 2 aliphatic rings. The zero-order valence-corrected chi connectivity index (χ0v) is 32.6. The fourth-order valence-electron chi connectivity index (χ4n) is 7.40. The number of Topliss-reactive ketones (excluding diaryl/α,β-unsaturated/α-hetero) is 1. The first-order chi connectivity index (χ1) is 23.7. The molecule has 0 aromatic heterocycles. The van der Waals surface area contributed by atoms with Crippen molar-refractivity contribution < 1.29 is 68.0 Å². The zero-order chi connectivity index (χ0) is 38.9. The van der Waals surface area contributed by atoms with Crippen LogP contribution in [-0.4, -0.2) is 138 Å². The van der Waals surface area contributed by atoms with E-state index in [9.17, 15) is 30.0 Å². The number of ketones is 1. The molecular weight excluding hydrogens is 670 g/mol. The third-order valence-corrected chi connectivity index (χ3v) is 10.5. The van der Waals surface area contributed by atoms with E-state index < -0.39 is 89.4 Å². The molecule has 0 spiro atoms. The molecule has 14 atom stereocenters. The van der Waals surface area contributed by atoms with Gasteiger partial charge in [0.1, 0.15) is 24.4 Å². The molecule has 0 aromatic carbocycles. The largest absolute Gasteiger partial charge is 0.459 e. The van der Waals surface area contributed by atoms with Crippen molar-refractivity contribution in [1.82, 2.24) is 0 Å². The number of carbonyl (C=O) groups is 2. The normalized spacial score (nSPS) is 42.6. The molecule has 0 bridgehead atoms. The molecule has 2 aliphatic heterocycles. The van der Waals surface area contributed by atoms with Crippen LogP contribution in [-0.2, 0) is 47.6 Å². The predicted molar refractivity (Wildman–Crippen MR) is 186 cm³/mol. The Bertz CT molecular complexity index is 1130. The summed E-state index contributed by atoms with van der Waals surface area (Å²) >= 11 is 0. The molecule has 15 nitrogen and oxygen atoms in total. The van der Waals surface area contributed by atoms with Crippen molar-refractivity contribution in [2.45, 2.75) is 148 Å². The van der Waals surface area contributed by atoms with Crippen LogP contribution in [0.2, 0.25) is 0 Å². The highest BCUT2D eigenvalue weighted by atomic mass is 16.7. The van der Waals surface area contributed by atoms with Crippen molar-refractivity contribution in [2.75, 3.05) is 40.8 Å². The van der Waals surface area contributed by atoms with Crippen molar-refractivity contribution in [3.63, 3.8) is 0 Å². The Morgan fingerprint density at radius 3 is 2.20 bits per heavy atom. The number of rotatable bonds is 13. The van der Waals surface area contributed by atoms with Gasteiger partial charge in [-0.15, -0.1) is 0 Å². The summed E-state index contributed by atoms with van der Waals surface area (Å²) in [5.41, 5.74) is -4.36. The lowest BCUT2D eigenvalue weighted by Gasteiger charge is -2.47. The summed E-state index contributed by atoms with van der Waals surface area (Å²) < 4.78 is 40.7. The van der Waals surface area contributed by atoms with Crippen LogP contribution in [0.5, 0.6) is 0 Å². The number of carbonyl (C=O) groups excluding carboxylic acids is 2. The highest BCUT2D eigenvalue weighted by Crippen LogP contribution is 2.39. The molecule has 0 aliphatic carbocycles. The summed E-state index contributed by atoms with van der Waals surface area (Å²) in [6.07, 6.45) is -7.11. The summed E-state index contributed by atoms with van der Waals surface area (Å²) in [6.45, 7) is 16.3. The maximum Gasteiger partial charge on any atom is 0.311 e. The van der Waals surface area contributed by atoms with Gasteiger partial charge in [-0.3, -0.25) is 9.59 Å². The van der Waals surface area contributed by atoms with Crippen molar-refractivity contribution in [2.24, 2.45) is 28.8 Å². The number of nitrogens with zero attached hydrogens (tertiary/aromatic N) is 1. The summed E-state index contributed by atoms with van der Waals surface area (Å²) in [6, 6.07) is 0. The molecule has 51 heavy (non-hydrogen) atoms. The number of esters is 1. The molecule has 4 N–H and O–H groups in total. The van der Waals surface area contributed by atoms with E-state index in [0.717, 1.165) is 0 Å². The van der Waals surface area contributed by atoms with Gasteiger partial charge in [0.25, 0.3) is 0 Å². The van der Waals surface area contributed by atoms with Gasteiger partial charge >= 0.3 is 5.97 Å². The van der Waals surface area contributed by atoms with E-state index in [1.54, 1.807) is 62.5 Å². The number of cyclic esters (lactones) is 1. The molecule has 0 radical (unpaired) electrons. The van der Waals surface area contributed by atoms with E-state index in [2.05, 4.69) is 5.16 Å². The standard InChI is InChI=1S/C36H65NO14/c1-13-26-36(10,43)30(39)22(4)28(37-48-19-46-15-14-44-11)20(2)16-34(8,42)32(47-18-21(3)38)23(5)29(24(6)33(41)50-26)51-27-17-35(9,45-12)31(40)25(7)49-27/h20,22-27,29-32,39-40,42-43H,13-19H2,1-12H3/b37-28+/t20-,22+,23+,24-,25?,26-,27+,29+,30+,31+,32-,34-,35?,36-/m1/s1. The molecule has 2 heterocycles. The first kappa shape index (κ1) is 45.4. The van der Waals surface area contributed by atoms with Crippen LogP contribution in [0.4, 0.5) is 0 Å². The number of ether oxygens (including phenoxy) is 7. The van der Waals surface area contributed by atoms with Gasteiger partial charge in [0, 0.05) is 38.4 Å². The van der Waals surface area contributed by atoms with Crippen molar-refractivity contribution >= 4 is 17.5 Å². The third-order valence-electron chi connectivity index (χ3n) is 10.5. The Morgan fingerprint density at radius 2 is 1.63 bits per heavy atom. The minimum absolute atomic E-state index is 0.000502. The second kappa shape index (κ2) is 19.5. The van der Waals surface area contributed by atoms with Gasteiger partial charge in [0.2, 0.25) is 6.79 Å². The van der Waals surface area contributed by atoms with Crippen LogP contribution < -0.4 is 0 Å². The van der Waals surface area contributed by atoms with E-state index in [1.807, 2.05) is 0 Å². The smallest absolute Gasteiger partial charge is 0.311 e. The number of aliphatic hydroxyl groups excluding tert-OH is 2. The number of hydrogen-bond donors (Lipinski definition) is 4. The minimum atomic E-state index is -1.95.